The minimum atomic E-state index is -0.510. The van der Waals surface area contributed by atoms with Crippen LogP contribution in [-0.4, -0.2) is 35.3 Å². The van der Waals surface area contributed by atoms with Crippen molar-refractivity contribution >= 4 is 16.9 Å². The summed E-state index contributed by atoms with van der Waals surface area (Å²) in [4.78, 5) is 31.6. The van der Waals surface area contributed by atoms with Crippen molar-refractivity contribution in [1.29, 1.82) is 0 Å². The van der Waals surface area contributed by atoms with Gasteiger partial charge in [0.1, 0.15) is 11.3 Å². The summed E-state index contributed by atoms with van der Waals surface area (Å²) in [5.41, 5.74) is 2.74. The Morgan fingerprint density at radius 2 is 1.74 bits per heavy atom. The van der Waals surface area contributed by atoms with E-state index in [0.29, 0.717) is 23.1 Å². The van der Waals surface area contributed by atoms with Crippen LogP contribution in [0.4, 0.5) is 0 Å². The number of hydrogen-bond donors (Lipinski definition) is 0. The summed E-state index contributed by atoms with van der Waals surface area (Å²) in [5.74, 6) is 0.728. The highest BCUT2D eigenvalue weighted by Gasteiger charge is 2.44. The van der Waals surface area contributed by atoms with Crippen molar-refractivity contribution in [2.45, 2.75) is 31.8 Å². The normalized spacial score (nSPS) is 19.1. The van der Waals surface area contributed by atoms with Crippen molar-refractivity contribution in [1.82, 2.24) is 9.80 Å². The van der Waals surface area contributed by atoms with Gasteiger partial charge in [-0.1, -0.05) is 42.0 Å². The third-order valence-electron chi connectivity index (χ3n) is 7.09. The fourth-order valence-electron chi connectivity index (χ4n) is 5.36. The van der Waals surface area contributed by atoms with Crippen LogP contribution < -0.4 is 5.43 Å². The van der Waals surface area contributed by atoms with Gasteiger partial charge in [0.25, 0.3) is 5.91 Å². The summed E-state index contributed by atoms with van der Waals surface area (Å²) in [6.45, 7) is 4.34. The highest BCUT2D eigenvalue weighted by atomic mass is 16.3. The molecule has 6 heteroatoms. The van der Waals surface area contributed by atoms with E-state index in [2.05, 4.69) is 4.90 Å². The summed E-state index contributed by atoms with van der Waals surface area (Å²) < 4.78 is 11.9. The summed E-state index contributed by atoms with van der Waals surface area (Å²) in [5, 5.41) is 0.495. The van der Waals surface area contributed by atoms with Gasteiger partial charge < -0.3 is 13.7 Å². The lowest BCUT2D eigenvalue weighted by Gasteiger charge is -2.33. The molecule has 0 spiro atoms. The van der Waals surface area contributed by atoms with Crippen LogP contribution in [0.15, 0.2) is 80.6 Å². The first kappa shape index (κ1) is 20.9. The van der Waals surface area contributed by atoms with Crippen molar-refractivity contribution in [3.8, 4) is 0 Å². The maximum atomic E-state index is 13.8. The quantitative estimate of drug-likeness (QED) is 0.421. The molecule has 0 aliphatic carbocycles. The molecule has 0 N–H and O–H groups in total. The predicted molar refractivity (Wildman–Crippen MR) is 129 cm³/mol. The molecule has 6 nitrogen and oxygen atoms in total. The third kappa shape index (κ3) is 3.37. The molecule has 6 rings (SSSR count). The van der Waals surface area contributed by atoms with Gasteiger partial charge in [-0.25, -0.2) is 0 Å². The highest BCUT2D eigenvalue weighted by Crippen LogP contribution is 2.40. The van der Waals surface area contributed by atoms with Crippen molar-refractivity contribution in [2.75, 3.05) is 19.6 Å². The highest BCUT2D eigenvalue weighted by molar-refractivity contribution is 5.99. The molecule has 2 aliphatic rings. The molecule has 0 radical (unpaired) electrons. The number of hydrogen-bond acceptors (Lipinski definition) is 5. The monoisotopic (exact) mass is 454 g/mol. The number of likely N-dealkylation sites (tertiary alicyclic amines) is 1. The molecule has 2 aromatic heterocycles. The Kier molecular flexibility index (Phi) is 5.11. The molecule has 2 unspecified atom stereocenters. The zero-order valence-electron chi connectivity index (χ0n) is 19.1. The van der Waals surface area contributed by atoms with Crippen molar-refractivity contribution in [2.24, 2.45) is 0 Å². The number of para-hydroxylation sites is 1. The summed E-state index contributed by atoms with van der Waals surface area (Å²) in [6.07, 6.45) is 3.92. The molecule has 2 atom stereocenters. The number of aryl methyl sites for hydroxylation is 1. The Morgan fingerprint density at radius 3 is 2.47 bits per heavy atom. The van der Waals surface area contributed by atoms with Crippen LogP contribution in [0.25, 0.3) is 11.0 Å². The van der Waals surface area contributed by atoms with E-state index in [1.165, 1.54) is 0 Å². The lowest BCUT2D eigenvalue weighted by Crippen LogP contribution is -2.39. The van der Waals surface area contributed by atoms with E-state index in [4.69, 9.17) is 8.83 Å². The Morgan fingerprint density at radius 1 is 0.971 bits per heavy atom. The Hall–Kier alpha value is -3.64. The van der Waals surface area contributed by atoms with Crippen LogP contribution in [-0.2, 0) is 0 Å². The molecule has 0 bridgehead atoms. The van der Waals surface area contributed by atoms with Crippen LogP contribution in [0, 0.1) is 6.92 Å². The molecule has 4 aromatic rings. The molecule has 172 valence electrons. The number of nitrogens with zero attached hydrogens (tertiary/aromatic N) is 2. The van der Waals surface area contributed by atoms with Crippen LogP contribution in [0.3, 0.4) is 0 Å². The van der Waals surface area contributed by atoms with Crippen molar-refractivity contribution in [3.63, 3.8) is 0 Å². The standard InChI is InChI=1S/C28H26N2O4/c1-18-10-12-19(13-11-18)25-24-26(31)20-7-2-3-8-22(20)34-27(24)28(32)30(25)17-21(23-9-6-16-33-23)29-14-4-5-15-29/h2-3,6-13,16,21,25H,4-5,14-15,17H2,1H3. The van der Waals surface area contributed by atoms with Crippen LogP contribution >= 0.6 is 0 Å². The number of amides is 1. The second-order valence-corrected chi connectivity index (χ2v) is 9.22. The lowest BCUT2D eigenvalue weighted by molar-refractivity contribution is 0.0644. The van der Waals surface area contributed by atoms with Gasteiger partial charge >= 0.3 is 0 Å². The molecular weight excluding hydrogens is 428 g/mol. The Bertz CT molecular complexity index is 1400. The molecule has 1 fully saturated rings. The third-order valence-corrected chi connectivity index (χ3v) is 7.09. The molecule has 0 saturated carbocycles. The van der Waals surface area contributed by atoms with Gasteiger partial charge in [-0.05, 0) is 62.7 Å². The maximum absolute atomic E-state index is 13.8. The van der Waals surface area contributed by atoms with Gasteiger partial charge in [0.05, 0.1) is 29.3 Å². The molecule has 2 aliphatic heterocycles. The second kappa shape index (κ2) is 8.29. The fraction of sp³-hybridized carbons (Fsp3) is 0.286. The lowest BCUT2D eigenvalue weighted by atomic mass is 9.97. The van der Waals surface area contributed by atoms with Crippen LogP contribution in [0.2, 0.25) is 0 Å². The minimum absolute atomic E-state index is 0.0896. The Balaban J connectivity index is 1.50. The number of fused-ring (bicyclic) bond motifs is 2. The van der Waals surface area contributed by atoms with Gasteiger partial charge in [0, 0.05) is 6.54 Å². The first-order valence-corrected chi connectivity index (χ1v) is 11.8. The van der Waals surface area contributed by atoms with Gasteiger partial charge in [0.2, 0.25) is 5.76 Å². The van der Waals surface area contributed by atoms with E-state index in [9.17, 15) is 9.59 Å². The summed E-state index contributed by atoms with van der Waals surface area (Å²) in [7, 11) is 0. The number of benzene rings is 2. The van der Waals surface area contributed by atoms with Crippen LogP contribution in [0.1, 0.15) is 57.9 Å². The molecule has 4 heterocycles. The average molecular weight is 455 g/mol. The average Bonchev–Trinajstić information content (AvgIpc) is 3.61. The maximum Gasteiger partial charge on any atom is 0.290 e. The van der Waals surface area contributed by atoms with E-state index in [0.717, 1.165) is 42.8 Å². The molecule has 1 saturated heterocycles. The smallest absolute Gasteiger partial charge is 0.290 e. The Labute approximate surface area is 197 Å². The van der Waals surface area contributed by atoms with E-state index < -0.39 is 6.04 Å². The van der Waals surface area contributed by atoms with E-state index >= 15 is 0 Å². The number of carbonyl (C=O) groups excluding carboxylic acids is 1. The topological polar surface area (TPSA) is 66.9 Å². The molecule has 34 heavy (non-hydrogen) atoms. The largest absolute Gasteiger partial charge is 0.468 e. The predicted octanol–water partition coefficient (Wildman–Crippen LogP) is 5.08. The number of carbonyl (C=O) groups is 1. The van der Waals surface area contributed by atoms with Crippen LogP contribution in [0.5, 0.6) is 0 Å². The molecular formula is C28H26N2O4. The zero-order valence-corrected chi connectivity index (χ0v) is 19.1. The fourth-order valence-corrected chi connectivity index (χ4v) is 5.36. The van der Waals surface area contributed by atoms with E-state index in [-0.39, 0.29) is 23.1 Å². The van der Waals surface area contributed by atoms with Gasteiger partial charge in [0.15, 0.2) is 5.43 Å². The number of rotatable bonds is 5. The molecule has 2 aromatic carbocycles. The first-order valence-electron chi connectivity index (χ1n) is 11.8. The summed E-state index contributed by atoms with van der Waals surface area (Å²) in [6, 6.07) is 18.4. The SMILES string of the molecule is Cc1ccc(C2c3c(oc4ccccc4c3=O)C(=O)N2CC(c2ccco2)N2CCCC2)cc1. The molecule has 1 amide bonds. The van der Waals surface area contributed by atoms with Gasteiger partial charge in [-0.15, -0.1) is 0 Å². The summed E-state index contributed by atoms with van der Waals surface area (Å²) >= 11 is 0. The minimum Gasteiger partial charge on any atom is -0.468 e. The number of furan rings is 1. The van der Waals surface area contributed by atoms with E-state index in [1.54, 1.807) is 23.3 Å². The van der Waals surface area contributed by atoms with Crippen molar-refractivity contribution in [3.05, 3.63) is 105 Å². The van der Waals surface area contributed by atoms with Gasteiger partial charge in [-0.2, -0.15) is 0 Å². The second-order valence-electron chi connectivity index (χ2n) is 9.22. The van der Waals surface area contributed by atoms with Crippen molar-refractivity contribution < 1.29 is 13.6 Å². The zero-order chi connectivity index (χ0) is 23.2. The van der Waals surface area contributed by atoms with Gasteiger partial charge in [-0.3, -0.25) is 14.5 Å². The first-order chi connectivity index (χ1) is 16.6. The van der Waals surface area contributed by atoms with E-state index in [1.807, 2.05) is 55.5 Å².